The van der Waals surface area contributed by atoms with Gasteiger partial charge in [0.2, 0.25) is 5.95 Å². The highest BCUT2D eigenvalue weighted by Gasteiger charge is 2.19. The second-order valence-corrected chi connectivity index (χ2v) is 7.27. The molecule has 3 heterocycles. The first-order valence-corrected chi connectivity index (χ1v) is 10.3. The second-order valence-electron chi connectivity index (χ2n) is 7.27. The number of carbonyl (C=O) groups excluding carboxylic acids is 1. The van der Waals surface area contributed by atoms with Gasteiger partial charge >= 0.3 is 5.97 Å². The van der Waals surface area contributed by atoms with Crippen LogP contribution in [0.25, 0.3) is 11.3 Å². The van der Waals surface area contributed by atoms with Gasteiger partial charge in [0, 0.05) is 50.3 Å². The van der Waals surface area contributed by atoms with Crippen LogP contribution in [-0.4, -0.2) is 70.9 Å². The Morgan fingerprint density at radius 1 is 1.13 bits per heavy atom. The van der Waals surface area contributed by atoms with Gasteiger partial charge in [-0.3, -0.25) is 0 Å². The summed E-state index contributed by atoms with van der Waals surface area (Å²) in [6, 6.07) is 9.22. The minimum Gasteiger partial charge on any atom is -0.462 e. The Morgan fingerprint density at radius 3 is 2.58 bits per heavy atom. The Bertz CT molecular complexity index is 1020. The number of carbonyl (C=O) groups is 1. The summed E-state index contributed by atoms with van der Waals surface area (Å²) in [4.78, 5) is 25.7. The van der Waals surface area contributed by atoms with Gasteiger partial charge in [0.15, 0.2) is 0 Å². The molecular formula is C22H25N7O2. The first-order valence-electron chi connectivity index (χ1n) is 10.3. The molecule has 9 nitrogen and oxygen atoms in total. The average molecular weight is 419 g/mol. The number of ether oxygens (including phenoxy) is 1. The normalized spacial score (nSPS) is 14.3. The van der Waals surface area contributed by atoms with Crippen molar-refractivity contribution in [2.75, 3.05) is 50.1 Å². The average Bonchev–Trinajstić information content (AvgIpc) is 2.81. The molecule has 1 aliphatic heterocycles. The number of hydrogen-bond donors (Lipinski definition) is 1. The summed E-state index contributed by atoms with van der Waals surface area (Å²) in [6.07, 6.45) is 5.02. The van der Waals surface area contributed by atoms with Gasteiger partial charge in [0.25, 0.3) is 0 Å². The van der Waals surface area contributed by atoms with Crippen molar-refractivity contribution in [1.29, 1.82) is 0 Å². The van der Waals surface area contributed by atoms with E-state index in [2.05, 4.69) is 42.3 Å². The number of anilines is 3. The van der Waals surface area contributed by atoms with E-state index < -0.39 is 0 Å². The number of nitrogens with one attached hydrogen (secondary N) is 1. The first-order chi connectivity index (χ1) is 15.1. The van der Waals surface area contributed by atoms with Crippen molar-refractivity contribution < 1.29 is 9.53 Å². The van der Waals surface area contributed by atoms with Crippen LogP contribution < -0.4 is 10.2 Å². The number of nitrogens with zero attached hydrogens (tertiary/aromatic N) is 6. The molecule has 0 aliphatic carbocycles. The molecule has 1 fully saturated rings. The van der Waals surface area contributed by atoms with Gasteiger partial charge in [-0.25, -0.2) is 14.8 Å². The van der Waals surface area contributed by atoms with E-state index >= 15 is 0 Å². The Balaban J connectivity index is 1.61. The Hall–Kier alpha value is -3.59. The molecule has 0 radical (unpaired) electrons. The van der Waals surface area contributed by atoms with E-state index in [-0.39, 0.29) is 5.97 Å². The standard InChI is InChI=1S/C22H25N7O2/c1-3-31-21(30)16-6-7-20(29-11-9-28(2)10-12-29)19(13-16)26-22-23-14-17(15-24-22)18-5-4-8-25-27-18/h4-8,13-15H,3,9-12H2,1-2H3,(H,23,24,26). The first kappa shape index (κ1) is 20.7. The molecular weight excluding hydrogens is 394 g/mol. The van der Waals surface area contributed by atoms with Crippen molar-refractivity contribution >= 4 is 23.3 Å². The van der Waals surface area contributed by atoms with Crippen LogP contribution in [-0.2, 0) is 4.74 Å². The second kappa shape index (κ2) is 9.48. The van der Waals surface area contributed by atoms with E-state index in [1.807, 2.05) is 18.2 Å². The predicted octanol–water partition coefficient (Wildman–Crippen LogP) is 2.61. The highest BCUT2D eigenvalue weighted by Crippen LogP contribution is 2.30. The SMILES string of the molecule is CCOC(=O)c1ccc(N2CCN(C)CC2)c(Nc2ncc(-c3cccnn3)cn2)c1. The van der Waals surface area contributed by atoms with Crippen molar-refractivity contribution in [2.45, 2.75) is 6.92 Å². The zero-order valence-electron chi connectivity index (χ0n) is 17.7. The lowest BCUT2D eigenvalue weighted by Crippen LogP contribution is -2.44. The van der Waals surface area contributed by atoms with Crippen molar-refractivity contribution in [1.82, 2.24) is 25.1 Å². The molecule has 1 aromatic carbocycles. The van der Waals surface area contributed by atoms with Crippen molar-refractivity contribution in [3.8, 4) is 11.3 Å². The van der Waals surface area contributed by atoms with Crippen LogP contribution in [0.1, 0.15) is 17.3 Å². The minimum atomic E-state index is -0.352. The molecule has 0 spiro atoms. The van der Waals surface area contributed by atoms with Crippen molar-refractivity contribution in [2.24, 2.45) is 0 Å². The quantitative estimate of drug-likeness (QED) is 0.605. The fourth-order valence-electron chi connectivity index (χ4n) is 3.40. The van der Waals surface area contributed by atoms with Gasteiger partial charge in [0.1, 0.15) is 0 Å². The zero-order chi connectivity index (χ0) is 21.6. The van der Waals surface area contributed by atoms with Gasteiger partial charge in [0.05, 0.1) is 29.2 Å². The van der Waals surface area contributed by atoms with Gasteiger partial charge in [-0.05, 0) is 44.3 Å². The zero-order valence-corrected chi connectivity index (χ0v) is 17.7. The van der Waals surface area contributed by atoms with Gasteiger partial charge in [-0.2, -0.15) is 10.2 Å². The van der Waals surface area contributed by atoms with Crippen LogP contribution >= 0.6 is 0 Å². The lowest BCUT2D eigenvalue weighted by atomic mass is 10.1. The van der Waals surface area contributed by atoms with Crippen molar-refractivity contribution in [3.63, 3.8) is 0 Å². The molecule has 31 heavy (non-hydrogen) atoms. The van der Waals surface area contributed by atoms with E-state index in [4.69, 9.17) is 4.74 Å². The smallest absolute Gasteiger partial charge is 0.338 e. The maximum Gasteiger partial charge on any atom is 0.338 e. The van der Waals surface area contributed by atoms with Crippen LogP contribution in [0, 0.1) is 0 Å². The van der Waals surface area contributed by atoms with Crippen LogP contribution in [0.4, 0.5) is 17.3 Å². The predicted molar refractivity (Wildman–Crippen MR) is 118 cm³/mol. The molecule has 1 saturated heterocycles. The Morgan fingerprint density at radius 2 is 1.90 bits per heavy atom. The molecule has 9 heteroatoms. The summed E-state index contributed by atoms with van der Waals surface area (Å²) >= 11 is 0. The molecule has 2 aromatic heterocycles. The highest BCUT2D eigenvalue weighted by atomic mass is 16.5. The van der Waals surface area contributed by atoms with E-state index in [0.29, 0.717) is 23.8 Å². The molecule has 0 atom stereocenters. The van der Waals surface area contributed by atoms with E-state index in [1.165, 1.54) is 0 Å². The molecule has 0 saturated carbocycles. The van der Waals surface area contributed by atoms with E-state index in [1.54, 1.807) is 37.6 Å². The fraction of sp³-hybridized carbons (Fsp3) is 0.318. The molecule has 1 N–H and O–H groups in total. The number of rotatable bonds is 6. The summed E-state index contributed by atoms with van der Waals surface area (Å²) in [5.41, 5.74) is 3.73. The molecule has 3 aromatic rings. The number of aromatic nitrogens is 4. The molecule has 0 unspecified atom stereocenters. The Labute approximate surface area is 181 Å². The molecule has 4 rings (SSSR count). The lowest BCUT2D eigenvalue weighted by Gasteiger charge is -2.35. The third kappa shape index (κ3) is 4.95. The van der Waals surface area contributed by atoms with Gasteiger partial charge in [-0.15, -0.1) is 0 Å². The van der Waals surface area contributed by atoms with Crippen molar-refractivity contribution in [3.05, 3.63) is 54.5 Å². The van der Waals surface area contributed by atoms with Gasteiger partial charge in [-0.1, -0.05) is 0 Å². The van der Waals surface area contributed by atoms with Crippen LogP contribution in [0.5, 0.6) is 0 Å². The number of esters is 1. The number of likely N-dealkylation sites (N-methyl/N-ethyl adjacent to an activating group) is 1. The number of hydrogen-bond acceptors (Lipinski definition) is 9. The number of benzene rings is 1. The third-order valence-electron chi connectivity index (χ3n) is 5.12. The topological polar surface area (TPSA) is 96.4 Å². The third-order valence-corrected chi connectivity index (χ3v) is 5.12. The summed E-state index contributed by atoms with van der Waals surface area (Å²) in [5, 5.41) is 11.2. The summed E-state index contributed by atoms with van der Waals surface area (Å²) < 4.78 is 5.17. The molecule has 0 bridgehead atoms. The lowest BCUT2D eigenvalue weighted by molar-refractivity contribution is 0.0526. The molecule has 1 aliphatic rings. The van der Waals surface area contributed by atoms with Crippen LogP contribution in [0.3, 0.4) is 0 Å². The van der Waals surface area contributed by atoms with E-state index in [9.17, 15) is 4.79 Å². The highest BCUT2D eigenvalue weighted by molar-refractivity contribution is 5.92. The fourth-order valence-corrected chi connectivity index (χ4v) is 3.40. The van der Waals surface area contributed by atoms with Crippen LogP contribution in [0.2, 0.25) is 0 Å². The maximum absolute atomic E-state index is 12.3. The summed E-state index contributed by atoms with van der Waals surface area (Å²) in [5.74, 6) is 0.0819. The largest absolute Gasteiger partial charge is 0.462 e. The maximum atomic E-state index is 12.3. The molecule has 160 valence electrons. The molecule has 0 amide bonds. The summed E-state index contributed by atoms with van der Waals surface area (Å²) in [7, 11) is 2.12. The number of piperazine rings is 1. The monoisotopic (exact) mass is 419 g/mol. The minimum absolute atomic E-state index is 0.328. The van der Waals surface area contributed by atoms with E-state index in [0.717, 1.165) is 43.1 Å². The van der Waals surface area contributed by atoms with Crippen LogP contribution in [0.15, 0.2) is 48.9 Å². The Kier molecular flexibility index (Phi) is 6.32. The summed E-state index contributed by atoms with van der Waals surface area (Å²) in [6.45, 7) is 5.87. The van der Waals surface area contributed by atoms with Gasteiger partial charge < -0.3 is 19.9 Å².